The number of carbonyl (C=O) groups is 2. The number of nitrogens with zero attached hydrogens (tertiary/aromatic N) is 5. The summed E-state index contributed by atoms with van der Waals surface area (Å²) in [6.07, 6.45) is -1.19. The van der Waals surface area contributed by atoms with Gasteiger partial charge in [-0.15, -0.1) is 0 Å². The number of aromatic nitrogens is 4. The minimum absolute atomic E-state index is 0.0597. The lowest BCUT2D eigenvalue weighted by Crippen LogP contribution is -2.35. The van der Waals surface area contributed by atoms with Gasteiger partial charge in [0.15, 0.2) is 11.3 Å². The number of ether oxygens (including phenoxy) is 1. The first kappa shape index (κ1) is 31.6. The summed E-state index contributed by atoms with van der Waals surface area (Å²) < 4.78 is 52.3. The van der Waals surface area contributed by atoms with Gasteiger partial charge >= 0.3 is 12.2 Å². The van der Waals surface area contributed by atoms with E-state index in [9.17, 15) is 22.8 Å². The molecule has 0 aliphatic carbocycles. The number of alkyl halides is 3. The summed E-state index contributed by atoms with van der Waals surface area (Å²) in [4.78, 5) is 33.5. The van der Waals surface area contributed by atoms with Crippen LogP contribution >= 0.6 is 0 Å². The number of hydrogen-bond acceptors (Lipinski definition) is 7. The standard InChI is InChI=1S/C32H28F3N7O4/c1-20-27(17-36-31(37-20)45-2)23-11-8-22(9-12-23)18-42-19-29(46-41-42)40-30(44)39-26-15-24(32(33,34)35)14-25(16-26)38-28(43)13-10-21-6-4-3-5-7-21/h3-9,11-12,14-17,19H,10,13,18H2,1-2H3,(H2-,38,39,40,41,43,44). The monoisotopic (exact) mass is 631 g/mol. The normalized spacial score (nSPS) is 11.2. The van der Waals surface area contributed by atoms with Gasteiger partial charge in [0, 0.05) is 29.4 Å². The zero-order valence-electron chi connectivity index (χ0n) is 24.7. The summed E-state index contributed by atoms with van der Waals surface area (Å²) in [5, 5.41) is 12.4. The molecule has 2 N–H and O–H groups in total. The Morgan fingerprint density at radius 2 is 1.70 bits per heavy atom. The van der Waals surface area contributed by atoms with E-state index in [0.29, 0.717) is 13.0 Å². The number of halogens is 3. The van der Waals surface area contributed by atoms with E-state index in [0.717, 1.165) is 40.1 Å². The second-order valence-corrected chi connectivity index (χ2v) is 10.2. The molecule has 0 bridgehead atoms. The fourth-order valence-electron chi connectivity index (χ4n) is 4.51. The number of hydrogen-bond donors (Lipinski definition) is 2. The fourth-order valence-corrected chi connectivity index (χ4v) is 4.51. The highest BCUT2D eigenvalue weighted by Gasteiger charge is 2.31. The summed E-state index contributed by atoms with van der Waals surface area (Å²) in [5.74, 6) is -0.641. The highest BCUT2D eigenvalue weighted by Crippen LogP contribution is 2.34. The molecule has 5 rings (SSSR count). The third-order valence-electron chi connectivity index (χ3n) is 6.74. The lowest BCUT2D eigenvalue weighted by molar-refractivity contribution is -0.754. The van der Waals surface area contributed by atoms with Gasteiger partial charge in [0.05, 0.1) is 18.4 Å². The van der Waals surface area contributed by atoms with Crippen LogP contribution in [0.3, 0.4) is 0 Å². The van der Waals surface area contributed by atoms with E-state index in [4.69, 9.17) is 9.26 Å². The van der Waals surface area contributed by atoms with Crippen molar-refractivity contribution in [2.45, 2.75) is 32.5 Å². The second-order valence-electron chi connectivity index (χ2n) is 10.2. The van der Waals surface area contributed by atoms with Gasteiger partial charge in [-0.3, -0.25) is 9.59 Å². The number of carbonyl (C=O) groups excluding carboxylic acids is 2. The summed E-state index contributed by atoms with van der Waals surface area (Å²) in [5.41, 5.74) is 2.92. The van der Waals surface area contributed by atoms with Crippen LogP contribution in [0.25, 0.3) is 16.4 Å². The van der Waals surface area contributed by atoms with Crippen LogP contribution in [-0.4, -0.2) is 34.3 Å². The van der Waals surface area contributed by atoms with E-state index in [1.165, 1.54) is 24.1 Å². The molecule has 11 nitrogen and oxygen atoms in total. The van der Waals surface area contributed by atoms with Crippen molar-refractivity contribution < 1.29 is 36.7 Å². The van der Waals surface area contributed by atoms with Crippen LogP contribution in [-0.2, 0) is 23.9 Å². The molecule has 0 radical (unpaired) electrons. The maximum absolute atomic E-state index is 13.6. The van der Waals surface area contributed by atoms with Crippen LogP contribution < -0.4 is 20.1 Å². The lowest BCUT2D eigenvalue weighted by Gasteiger charge is -2.18. The second kappa shape index (κ2) is 13.9. The van der Waals surface area contributed by atoms with Gasteiger partial charge in [0.25, 0.3) is 0 Å². The number of methoxy groups -OCH3 is 1. The summed E-state index contributed by atoms with van der Waals surface area (Å²) in [6.45, 7) is 2.15. The van der Waals surface area contributed by atoms with Crippen molar-refractivity contribution in [3.63, 3.8) is 0 Å². The van der Waals surface area contributed by atoms with Crippen molar-refractivity contribution in [2.24, 2.45) is 0 Å². The first-order valence-corrected chi connectivity index (χ1v) is 14.0. The first-order valence-electron chi connectivity index (χ1n) is 14.0. The number of aryl methyl sites for hydroxylation is 2. The van der Waals surface area contributed by atoms with Crippen molar-refractivity contribution in [1.82, 2.24) is 15.2 Å². The SMILES string of the molecule is COc1ncc(-c2ccc(C[n+]3cc([N-]C(=O)Nc4cc(NC(=O)CCc5ccccc5)cc(C(F)(F)F)c4)on3)cc2)c(C)n1. The Morgan fingerprint density at radius 3 is 2.37 bits per heavy atom. The molecule has 2 aromatic heterocycles. The molecule has 236 valence electrons. The van der Waals surface area contributed by atoms with Crippen LogP contribution in [0.2, 0.25) is 0 Å². The van der Waals surface area contributed by atoms with Crippen LogP contribution in [0.4, 0.5) is 35.2 Å². The molecule has 0 aliphatic rings. The molecule has 3 amide bonds. The average Bonchev–Trinajstić information content (AvgIpc) is 3.46. The van der Waals surface area contributed by atoms with E-state index in [1.54, 1.807) is 6.20 Å². The minimum Gasteiger partial charge on any atom is -0.467 e. The highest BCUT2D eigenvalue weighted by molar-refractivity contribution is 6.04. The molecular weight excluding hydrogens is 603 g/mol. The van der Waals surface area contributed by atoms with E-state index >= 15 is 0 Å². The van der Waals surface area contributed by atoms with Crippen molar-refractivity contribution >= 4 is 29.2 Å². The van der Waals surface area contributed by atoms with Crippen LogP contribution in [0.1, 0.15) is 28.8 Å². The predicted molar refractivity (Wildman–Crippen MR) is 161 cm³/mol. The molecule has 14 heteroatoms. The van der Waals surface area contributed by atoms with Gasteiger partial charge in [-0.25, -0.2) is 4.98 Å². The highest BCUT2D eigenvalue weighted by atomic mass is 19.4. The van der Waals surface area contributed by atoms with Gasteiger partial charge in [0.2, 0.25) is 24.5 Å². The minimum atomic E-state index is -4.72. The maximum Gasteiger partial charge on any atom is 0.416 e. The molecule has 0 unspecified atom stereocenters. The molecule has 3 aromatic carbocycles. The Hall–Kier alpha value is -5.79. The average molecular weight is 632 g/mol. The van der Waals surface area contributed by atoms with E-state index in [1.807, 2.05) is 61.5 Å². The Kier molecular flexibility index (Phi) is 9.55. The Labute approximate surface area is 261 Å². The molecule has 0 fully saturated rings. The van der Waals surface area contributed by atoms with Gasteiger partial charge in [-0.1, -0.05) is 54.6 Å². The van der Waals surface area contributed by atoms with Crippen molar-refractivity contribution in [1.29, 1.82) is 0 Å². The molecule has 46 heavy (non-hydrogen) atoms. The van der Waals surface area contributed by atoms with Crippen LogP contribution in [0.5, 0.6) is 6.01 Å². The van der Waals surface area contributed by atoms with E-state index < -0.39 is 23.7 Å². The van der Waals surface area contributed by atoms with E-state index in [-0.39, 0.29) is 29.7 Å². The number of rotatable bonds is 10. The number of amides is 3. The van der Waals surface area contributed by atoms with Gasteiger partial charge in [-0.05, 0) is 53.0 Å². The van der Waals surface area contributed by atoms with Crippen molar-refractivity contribution in [3.05, 3.63) is 113 Å². The number of urea groups is 1. The number of nitrogens with one attached hydrogen (secondary N) is 2. The van der Waals surface area contributed by atoms with Crippen LogP contribution in [0, 0.1) is 6.92 Å². The topological polar surface area (TPSA) is 137 Å². The van der Waals surface area contributed by atoms with Crippen molar-refractivity contribution in [3.8, 4) is 17.1 Å². The zero-order chi connectivity index (χ0) is 32.7. The molecule has 0 saturated carbocycles. The molecule has 0 spiro atoms. The lowest BCUT2D eigenvalue weighted by atomic mass is 10.0. The smallest absolute Gasteiger partial charge is 0.416 e. The largest absolute Gasteiger partial charge is 0.467 e. The molecular formula is C32H28F3N7O4. The Bertz CT molecular complexity index is 1830. The van der Waals surface area contributed by atoms with Crippen molar-refractivity contribution in [2.75, 3.05) is 17.7 Å². The molecule has 0 saturated heterocycles. The van der Waals surface area contributed by atoms with Gasteiger partial charge < -0.3 is 25.2 Å². The number of anilines is 2. The van der Waals surface area contributed by atoms with Gasteiger partial charge in [0.1, 0.15) is 0 Å². The summed E-state index contributed by atoms with van der Waals surface area (Å²) in [7, 11) is 1.50. The third-order valence-corrected chi connectivity index (χ3v) is 6.74. The number of benzene rings is 3. The van der Waals surface area contributed by atoms with Gasteiger partial charge in [-0.2, -0.15) is 18.2 Å². The maximum atomic E-state index is 13.6. The molecule has 2 heterocycles. The van der Waals surface area contributed by atoms with E-state index in [2.05, 4.69) is 31.2 Å². The Morgan fingerprint density at radius 1 is 0.978 bits per heavy atom. The summed E-state index contributed by atoms with van der Waals surface area (Å²) >= 11 is 0. The quantitative estimate of drug-likeness (QED) is 0.166. The van der Waals surface area contributed by atoms with Crippen LogP contribution in [0.15, 0.2) is 89.7 Å². The zero-order valence-corrected chi connectivity index (χ0v) is 24.7. The molecule has 0 atom stereocenters. The molecule has 5 aromatic rings. The Balaban J connectivity index is 1.19. The third kappa shape index (κ3) is 8.43. The summed E-state index contributed by atoms with van der Waals surface area (Å²) in [6, 6.07) is 18.8. The fraction of sp³-hybridized carbons (Fsp3) is 0.188. The first-order chi connectivity index (χ1) is 22.1. The predicted octanol–water partition coefficient (Wildman–Crippen LogP) is 6.61. The molecule has 0 aliphatic heterocycles.